The highest BCUT2D eigenvalue weighted by Crippen LogP contribution is 2.58. The summed E-state index contributed by atoms with van der Waals surface area (Å²) in [6, 6.07) is 0.223. The zero-order valence-electron chi connectivity index (χ0n) is 13.5. The van der Waals surface area contributed by atoms with Gasteiger partial charge in [0, 0.05) is 37.3 Å². The summed E-state index contributed by atoms with van der Waals surface area (Å²) < 4.78 is 28.2. The Morgan fingerprint density at radius 3 is 2.46 bits per heavy atom. The van der Waals surface area contributed by atoms with E-state index in [1.165, 1.54) is 19.2 Å². The van der Waals surface area contributed by atoms with Crippen LogP contribution in [0.5, 0.6) is 0 Å². The Balaban J connectivity index is 1.62. The minimum absolute atomic E-state index is 0.0860. The monoisotopic (exact) mass is 338 g/mol. The van der Waals surface area contributed by atoms with Crippen LogP contribution < -0.4 is 16.6 Å². The molecule has 0 spiro atoms. The molecule has 24 heavy (non-hydrogen) atoms. The number of rotatable bonds is 4. The number of piperidine rings is 1. The van der Waals surface area contributed by atoms with E-state index in [2.05, 4.69) is 17.3 Å². The number of anilines is 1. The second-order valence-electron chi connectivity index (χ2n) is 7.34. The fourth-order valence-electron chi connectivity index (χ4n) is 4.10. The molecule has 2 saturated carbocycles. The molecule has 0 radical (unpaired) electrons. The molecule has 0 aromatic carbocycles. The average Bonchev–Trinajstić information content (AvgIpc) is 3.16. The lowest BCUT2D eigenvalue weighted by Gasteiger charge is -2.17. The van der Waals surface area contributed by atoms with E-state index in [0.29, 0.717) is 17.5 Å². The van der Waals surface area contributed by atoms with Gasteiger partial charge in [-0.15, -0.1) is 0 Å². The molecule has 2 heterocycles. The zero-order chi connectivity index (χ0) is 17.4. The Morgan fingerprint density at radius 1 is 1.38 bits per heavy atom. The number of pyridine rings is 1. The van der Waals surface area contributed by atoms with Crippen LogP contribution in [0.4, 0.5) is 14.5 Å². The highest BCUT2D eigenvalue weighted by molar-refractivity contribution is 5.98. The number of carbonyl (C=O) groups is 1. The van der Waals surface area contributed by atoms with Gasteiger partial charge in [0.15, 0.2) is 0 Å². The van der Waals surface area contributed by atoms with E-state index in [1.54, 1.807) is 0 Å². The van der Waals surface area contributed by atoms with Gasteiger partial charge in [-0.05, 0) is 18.9 Å². The predicted molar refractivity (Wildman–Crippen MR) is 84.3 cm³/mol. The minimum Gasteiger partial charge on any atom is -0.381 e. The van der Waals surface area contributed by atoms with Crippen LogP contribution in [0.15, 0.2) is 17.1 Å². The first-order valence-corrected chi connectivity index (χ1v) is 8.10. The first-order chi connectivity index (χ1) is 11.2. The molecule has 1 aromatic heterocycles. The van der Waals surface area contributed by atoms with E-state index in [1.807, 2.05) is 0 Å². The Labute approximate surface area is 137 Å². The van der Waals surface area contributed by atoms with Crippen LogP contribution in [0.3, 0.4) is 0 Å². The van der Waals surface area contributed by atoms with E-state index in [-0.39, 0.29) is 11.6 Å². The number of hydrogen-bond donors (Lipinski definition) is 2. The van der Waals surface area contributed by atoms with Crippen molar-refractivity contribution in [2.75, 3.05) is 25.5 Å². The molecular formula is C16H20F2N4O2. The Hall–Kier alpha value is -1.96. The highest BCUT2D eigenvalue weighted by atomic mass is 19.3. The summed E-state index contributed by atoms with van der Waals surface area (Å²) in [6.07, 6.45) is 1.18. The zero-order valence-corrected chi connectivity index (χ0v) is 13.5. The van der Waals surface area contributed by atoms with Gasteiger partial charge in [0.25, 0.3) is 17.4 Å². The topological polar surface area (TPSA) is 80.4 Å². The third kappa shape index (κ3) is 2.16. The van der Waals surface area contributed by atoms with Crippen molar-refractivity contribution in [3.8, 4) is 0 Å². The van der Waals surface area contributed by atoms with E-state index < -0.39 is 29.3 Å². The van der Waals surface area contributed by atoms with Gasteiger partial charge in [-0.1, -0.05) is 6.92 Å². The fourth-order valence-corrected chi connectivity index (χ4v) is 4.10. The Bertz CT molecular complexity index is 766. The summed E-state index contributed by atoms with van der Waals surface area (Å²) in [7, 11) is 2.05. The van der Waals surface area contributed by atoms with Crippen molar-refractivity contribution in [3.05, 3.63) is 28.2 Å². The van der Waals surface area contributed by atoms with Gasteiger partial charge in [-0.25, -0.2) is 8.78 Å². The molecule has 2 aliphatic carbocycles. The molecule has 3 fully saturated rings. The number of nitrogens with two attached hydrogens (primary N) is 1. The maximum atomic E-state index is 13.6. The third-order valence-electron chi connectivity index (χ3n) is 5.71. The Morgan fingerprint density at radius 2 is 1.96 bits per heavy atom. The van der Waals surface area contributed by atoms with Crippen LogP contribution in [0.25, 0.3) is 0 Å². The molecule has 2 unspecified atom stereocenters. The first-order valence-electron chi connectivity index (χ1n) is 8.10. The average molecular weight is 338 g/mol. The largest absolute Gasteiger partial charge is 0.381 e. The number of primary amides is 1. The predicted octanol–water partition coefficient (Wildman–Crippen LogP) is 0.745. The number of aromatic nitrogens is 1. The lowest BCUT2D eigenvalue weighted by atomic mass is 10.2. The van der Waals surface area contributed by atoms with Gasteiger partial charge in [0.05, 0.1) is 11.3 Å². The fraction of sp³-hybridized carbons (Fsp3) is 0.625. The number of halogens is 2. The number of nitrogens with one attached hydrogen (secondary N) is 1. The maximum Gasteiger partial charge on any atom is 0.273 e. The summed E-state index contributed by atoms with van der Waals surface area (Å²) in [5, 5.41) is 3.22. The smallest absolute Gasteiger partial charge is 0.273 e. The van der Waals surface area contributed by atoms with E-state index in [9.17, 15) is 18.4 Å². The van der Waals surface area contributed by atoms with Gasteiger partial charge in [-0.3, -0.25) is 9.59 Å². The van der Waals surface area contributed by atoms with Crippen molar-refractivity contribution >= 4 is 11.6 Å². The van der Waals surface area contributed by atoms with Crippen molar-refractivity contribution in [3.63, 3.8) is 0 Å². The van der Waals surface area contributed by atoms with Gasteiger partial charge in [0.2, 0.25) is 0 Å². The van der Waals surface area contributed by atoms with Crippen molar-refractivity contribution in [2.45, 2.75) is 24.9 Å². The van der Waals surface area contributed by atoms with Crippen LogP contribution in [0.1, 0.15) is 23.3 Å². The molecule has 0 bridgehead atoms. The number of fused-ring (bicyclic) bond motifs is 1. The molecule has 3 N–H and O–H groups in total. The van der Waals surface area contributed by atoms with Crippen LogP contribution in [-0.4, -0.2) is 47.5 Å². The molecule has 8 heteroatoms. The molecule has 1 aliphatic heterocycles. The lowest BCUT2D eigenvalue weighted by Crippen LogP contribution is -2.28. The first kappa shape index (κ1) is 15.6. The summed E-state index contributed by atoms with van der Waals surface area (Å²) in [4.78, 5) is 26.2. The van der Waals surface area contributed by atoms with Crippen LogP contribution in [0.2, 0.25) is 0 Å². The molecule has 130 valence electrons. The second kappa shape index (κ2) is 4.78. The number of hydrogen-bond acceptors (Lipinski definition) is 4. The number of alkyl halides is 2. The third-order valence-corrected chi connectivity index (χ3v) is 5.71. The SMILES string of the molecule is CC1[C@H](n2cc(C(N)=O)c(NC3[C@H]4CN(C)C[C@@H]34)cc2=O)C1(F)F. The van der Waals surface area contributed by atoms with Crippen molar-refractivity contribution < 1.29 is 13.6 Å². The molecule has 6 nitrogen and oxygen atoms in total. The molecule has 4 rings (SSSR count). The Kier molecular flexibility index (Phi) is 3.10. The standard InChI is InChI=1S/C16H20F2N4O2/c1-7-14(16(7,17)18)22-6-10(15(19)24)11(3-12(22)23)20-13-8-4-21(2)5-9(8)13/h3,6-9,13-14,20H,4-5H2,1-2H3,(H2,19,24)/t7?,8-,9+,13?,14-/m0/s1. The molecule has 3 aliphatic rings. The van der Waals surface area contributed by atoms with E-state index in [0.717, 1.165) is 17.7 Å². The van der Waals surface area contributed by atoms with Gasteiger partial charge in [0.1, 0.15) is 6.04 Å². The maximum absolute atomic E-state index is 13.6. The van der Waals surface area contributed by atoms with E-state index in [4.69, 9.17) is 5.73 Å². The summed E-state index contributed by atoms with van der Waals surface area (Å²) in [6.45, 7) is 3.32. The molecule has 1 amide bonds. The molecular weight excluding hydrogens is 318 g/mol. The molecule has 5 atom stereocenters. The van der Waals surface area contributed by atoms with Crippen LogP contribution in [0, 0.1) is 17.8 Å². The number of nitrogens with zero attached hydrogens (tertiary/aromatic N) is 2. The molecule has 1 saturated heterocycles. The molecule has 1 aromatic rings. The van der Waals surface area contributed by atoms with Crippen molar-refractivity contribution in [1.29, 1.82) is 0 Å². The van der Waals surface area contributed by atoms with Gasteiger partial charge < -0.3 is 20.5 Å². The highest BCUT2D eigenvalue weighted by Gasteiger charge is 2.67. The quantitative estimate of drug-likeness (QED) is 0.849. The number of amides is 1. The van der Waals surface area contributed by atoms with Crippen molar-refractivity contribution in [2.24, 2.45) is 23.5 Å². The number of carbonyl (C=O) groups excluding carboxylic acids is 1. The van der Waals surface area contributed by atoms with Crippen LogP contribution in [-0.2, 0) is 0 Å². The van der Waals surface area contributed by atoms with Gasteiger partial charge >= 0.3 is 0 Å². The second-order valence-corrected chi connectivity index (χ2v) is 7.34. The van der Waals surface area contributed by atoms with E-state index >= 15 is 0 Å². The van der Waals surface area contributed by atoms with Crippen molar-refractivity contribution in [1.82, 2.24) is 9.47 Å². The summed E-state index contributed by atoms with van der Waals surface area (Å²) in [5.41, 5.74) is 5.29. The summed E-state index contributed by atoms with van der Waals surface area (Å²) >= 11 is 0. The lowest BCUT2D eigenvalue weighted by molar-refractivity contribution is 0.0871. The van der Waals surface area contributed by atoms with Gasteiger partial charge in [-0.2, -0.15) is 0 Å². The normalized spacial score (nSPS) is 36.2. The minimum atomic E-state index is -2.92. The summed E-state index contributed by atoms with van der Waals surface area (Å²) in [5.74, 6) is -3.60. The number of likely N-dealkylation sites (tertiary alicyclic amines) is 1. The van der Waals surface area contributed by atoms with Crippen LogP contribution >= 0.6 is 0 Å².